The Morgan fingerprint density at radius 1 is 0.889 bits per heavy atom. The Bertz CT molecular complexity index is 1790. The van der Waals surface area contributed by atoms with Crippen molar-refractivity contribution in [3.8, 4) is 28.5 Å². The molecule has 0 unspecified atom stereocenters. The molecule has 0 spiro atoms. The van der Waals surface area contributed by atoms with Crippen molar-refractivity contribution >= 4 is 11.9 Å². The number of alkyl halides is 3. The zero-order valence-corrected chi connectivity index (χ0v) is 24.2. The minimum atomic E-state index is -4.51. The molecule has 0 aliphatic carbocycles. The number of amides is 1. The van der Waals surface area contributed by atoms with Crippen LogP contribution in [-0.2, 0) is 30.4 Å². The number of hydrogen-bond acceptors (Lipinski definition) is 6. The van der Waals surface area contributed by atoms with E-state index in [1.54, 1.807) is 18.2 Å². The fourth-order valence-corrected chi connectivity index (χ4v) is 4.70. The second kappa shape index (κ2) is 13.5. The van der Waals surface area contributed by atoms with Crippen LogP contribution in [0.1, 0.15) is 45.1 Å². The lowest BCUT2D eigenvalue weighted by Crippen LogP contribution is -2.23. The largest absolute Gasteiger partial charge is 0.493 e. The molecule has 0 saturated carbocycles. The van der Waals surface area contributed by atoms with Crippen molar-refractivity contribution in [3.05, 3.63) is 119 Å². The highest BCUT2D eigenvalue weighted by Gasteiger charge is 2.30. The minimum Gasteiger partial charge on any atom is -0.493 e. The van der Waals surface area contributed by atoms with Gasteiger partial charge in [-0.1, -0.05) is 36.4 Å². The number of furan rings is 1. The molecule has 0 fully saturated rings. The SMILES string of the molecule is Cc1oc(-c2ccccc2)nc1CCOc1ccc(CCC(=O)O)c(CNC(=O)c2ccc(-c3cccc(C(F)(F)F)c3)o2)c1. The van der Waals surface area contributed by atoms with Gasteiger partial charge < -0.3 is 24.0 Å². The van der Waals surface area contributed by atoms with E-state index in [0.717, 1.165) is 23.4 Å². The third-order valence-electron chi connectivity index (χ3n) is 7.05. The Morgan fingerprint density at radius 2 is 1.67 bits per heavy atom. The zero-order valence-electron chi connectivity index (χ0n) is 24.2. The molecule has 2 aromatic heterocycles. The highest BCUT2D eigenvalue weighted by atomic mass is 19.4. The molecular formula is C34H29F3N2O6. The number of nitrogens with one attached hydrogen (secondary N) is 1. The molecular weight excluding hydrogens is 589 g/mol. The summed E-state index contributed by atoms with van der Waals surface area (Å²) in [6.45, 7) is 2.17. The van der Waals surface area contributed by atoms with E-state index in [2.05, 4.69) is 10.3 Å². The van der Waals surface area contributed by atoms with Gasteiger partial charge >= 0.3 is 12.1 Å². The molecule has 0 atom stereocenters. The molecule has 0 bridgehead atoms. The van der Waals surface area contributed by atoms with Crippen LogP contribution in [0.4, 0.5) is 13.2 Å². The fraction of sp³-hybridized carbons (Fsp3) is 0.206. The lowest BCUT2D eigenvalue weighted by Gasteiger charge is -2.13. The summed E-state index contributed by atoms with van der Waals surface area (Å²) in [5.41, 5.74) is 2.36. The van der Waals surface area contributed by atoms with E-state index >= 15 is 0 Å². The lowest BCUT2D eigenvalue weighted by atomic mass is 10.0. The molecule has 3 aromatic carbocycles. The summed E-state index contributed by atoms with van der Waals surface area (Å²) < 4.78 is 56.7. The summed E-state index contributed by atoms with van der Waals surface area (Å²) in [5.74, 6) is 0.233. The molecule has 0 aliphatic rings. The predicted molar refractivity (Wildman–Crippen MR) is 159 cm³/mol. The van der Waals surface area contributed by atoms with Crippen LogP contribution in [0, 0.1) is 6.92 Å². The molecule has 5 rings (SSSR count). The molecule has 0 radical (unpaired) electrons. The molecule has 5 aromatic rings. The van der Waals surface area contributed by atoms with E-state index < -0.39 is 23.6 Å². The number of nitrogens with zero attached hydrogens (tertiary/aromatic N) is 1. The van der Waals surface area contributed by atoms with Crippen LogP contribution >= 0.6 is 0 Å². The van der Waals surface area contributed by atoms with Crippen LogP contribution in [-0.4, -0.2) is 28.6 Å². The number of carbonyl (C=O) groups excluding carboxylic acids is 1. The third-order valence-corrected chi connectivity index (χ3v) is 7.05. The smallest absolute Gasteiger partial charge is 0.416 e. The molecule has 2 heterocycles. The number of aromatic nitrogens is 1. The normalized spacial score (nSPS) is 11.4. The maximum Gasteiger partial charge on any atom is 0.416 e. The van der Waals surface area contributed by atoms with Gasteiger partial charge in [-0.3, -0.25) is 9.59 Å². The summed E-state index contributed by atoms with van der Waals surface area (Å²) in [4.78, 5) is 28.7. The van der Waals surface area contributed by atoms with Crippen molar-refractivity contribution in [3.63, 3.8) is 0 Å². The Balaban J connectivity index is 1.24. The first-order chi connectivity index (χ1) is 21.6. The molecule has 0 aliphatic heterocycles. The van der Waals surface area contributed by atoms with E-state index in [4.69, 9.17) is 13.6 Å². The number of carboxylic acids is 1. The van der Waals surface area contributed by atoms with Gasteiger partial charge in [0.25, 0.3) is 5.91 Å². The monoisotopic (exact) mass is 618 g/mol. The molecule has 232 valence electrons. The third kappa shape index (κ3) is 7.99. The number of halogens is 3. The highest BCUT2D eigenvalue weighted by Crippen LogP contribution is 2.33. The zero-order chi connectivity index (χ0) is 32.0. The van der Waals surface area contributed by atoms with Crippen molar-refractivity contribution in [2.75, 3.05) is 6.61 Å². The van der Waals surface area contributed by atoms with Gasteiger partial charge in [0, 0.05) is 30.5 Å². The number of aryl methyl sites for hydroxylation is 2. The minimum absolute atomic E-state index is 0.0351. The van der Waals surface area contributed by atoms with Crippen molar-refractivity contribution in [1.82, 2.24) is 10.3 Å². The van der Waals surface area contributed by atoms with E-state index in [1.807, 2.05) is 37.3 Å². The topological polar surface area (TPSA) is 115 Å². The molecule has 2 N–H and O–H groups in total. The number of benzene rings is 3. The molecule has 11 heteroatoms. The van der Waals surface area contributed by atoms with E-state index in [-0.39, 0.29) is 36.5 Å². The highest BCUT2D eigenvalue weighted by molar-refractivity contribution is 5.92. The average Bonchev–Trinajstić information content (AvgIpc) is 3.67. The summed E-state index contributed by atoms with van der Waals surface area (Å²) in [6.07, 6.45) is -3.89. The summed E-state index contributed by atoms with van der Waals surface area (Å²) >= 11 is 0. The van der Waals surface area contributed by atoms with Gasteiger partial charge in [0.2, 0.25) is 5.89 Å². The predicted octanol–water partition coefficient (Wildman–Crippen LogP) is 7.50. The maximum atomic E-state index is 13.1. The summed E-state index contributed by atoms with van der Waals surface area (Å²) in [6, 6.07) is 22.2. The second-order valence-corrected chi connectivity index (χ2v) is 10.2. The Morgan fingerprint density at radius 3 is 2.42 bits per heavy atom. The van der Waals surface area contributed by atoms with Crippen LogP contribution in [0.25, 0.3) is 22.8 Å². The van der Waals surface area contributed by atoms with Crippen molar-refractivity contribution < 1.29 is 41.4 Å². The van der Waals surface area contributed by atoms with E-state index in [9.17, 15) is 27.9 Å². The fourth-order valence-electron chi connectivity index (χ4n) is 4.70. The van der Waals surface area contributed by atoms with Gasteiger partial charge in [-0.05, 0) is 73.0 Å². The van der Waals surface area contributed by atoms with E-state index in [0.29, 0.717) is 41.6 Å². The van der Waals surface area contributed by atoms with E-state index in [1.165, 1.54) is 24.3 Å². The first-order valence-corrected chi connectivity index (χ1v) is 14.1. The van der Waals surface area contributed by atoms with Gasteiger partial charge in [0.15, 0.2) is 5.76 Å². The first kappa shape index (κ1) is 31.1. The quantitative estimate of drug-likeness (QED) is 0.149. The Kier molecular flexibility index (Phi) is 9.36. The number of aliphatic carboxylic acids is 1. The number of oxazole rings is 1. The first-order valence-electron chi connectivity index (χ1n) is 14.1. The van der Waals surface area contributed by atoms with Crippen LogP contribution in [0.5, 0.6) is 5.75 Å². The van der Waals surface area contributed by atoms with Crippen LogP contribution in [0.3, 0.4) is 0 Å². The molecule has 8 nitrogen and oxygen atoms in total. The van der Waals surface area contributed by atoms with Gasteiger partial charge in [0.05, 0.1) is 17.9 Å². The second-order valence-electron chi connectivity index (χ2n) is 10.2. The summed E-state index contributed by atoms with van der Waals surface area (Å²) in [5, 5.41) is 11.9. The number of rotatable bonds is 12. The van der Waals surface area contributed by atoms with Crippen molar-refractivity contribution in [2.24, 2.45) is 0 Å². The molecule has 1 amide bonds. The van der Waals surface area contributed by atoms with Crippen LogP contribution in [0.15, 0.2) is 93.8 Å². The van der Waals surface area contributed by atoms with Crippen molar-refractivity contribution in [1.29, 1.82) is 0 Å². The number of carboxylic acid groups (broad SMARTS) is 1. The van der Waals surface area contributed by atoms with Gasteiger partial charge in [0.1, 0.15) is 17.3 Å². The number of hydrogen-bond donors (Lipinski definition) is 2. The standard InChI is InChI=1S/C34H29F3N2O6/c1-21-28(39-33(44-21)23-6-3-2-4-7-23)16-17-43-27-12-10-22(11-15-31(40)41)25(19-27)20-38-32(42)30-14-13-29(45-30)24-8-5-9-26(18-24)34(35,36)37/h2-10,12-14,18-19H,11,15-17,20H2,1H3,(H,38,42)(H,40,41). The summed E-state index contributed by atoms with van der Waals surface area (Å²) in [7, 11) is 0. The maximum absolute atomic E-state index is 13.1. The van der Waals surface area contributed by atoms with Gasteiger partial charge in [-0.2, -0.15) is 13.2 Å². The molecule has 0 saturated heterocycles. The Hall–Kier alpha value is -5.32. The number of carbonyl (C=O) groups is 2. The lowest BCUT2D eigenvalue weighted by molar-refractivity contribution is -0.138. The van der Waals surface area contributed by atoms with Crippen LogP contribution < -0.4 is 10.1 Å². The average molecular weight is 619 g/mol. The van der Waals surface area contributed by atoms with Crippen molar-refractivity contribution in [2.45, 2.75) is 38.9 Å². The van der Waals surface area contributed by atoms with Gasteiger partial charge in [-0.15, -0.1) is 0 Å². The number of ether oxygens (including phenoxy) is 1. The van der Waals surface area contributed by atoms with Crippen LogP contribution in [0.2, 0.25) is 0 Å². The molecule has 45 heavy (non-hydrogen) atoms. The van der Waals surface area contributed by atoms with Gasteiger partial charge in [-0.25, -0.2) is 4.98 Å². The Labute approximate surface area is 256 Å².